The summed E-state index contributed by atoms with van der Waals surface area (Å²) in [7, 11) is -1.43. The first-order valence-electron chi connectivity index (χ1n) is 7.16. The number of nitrogens with one attached hydrogen (secondary N) is 2. The van der Waals surface area contributed by atoms with Gasteiger partial charge in [0.1, 0.15) is 23.1 Å². The highest BCUT2D eigenvalue weighted by atomic mass is 35.5. The van der Waals surface area contributed by atoms with Gasteiger partial charge in [-0.05, 0) is 36.4 Å². The lowest BCUT2D eigenvalue weighted by atomic mass is 10.3. The Bertz CT molecular complexity index is 1030. The number of anilines is 1. The number of imidazole rings is 1. The van der Waals surface area contributed by atoms with Crippen LogP contribution >= 0.6 is 11.6 Å². The fraction of sp³-hybridized carbons (Fsp3) is 0. The number of furan rings is 1. The summed E-state index contributed by atoms with van der Waals surface area (Å²) in [5.74, 6) is 0.709. The molecule has 0 aliphatic heterocycles. The third kappa shape index (κ3) is 2.81. The number of aromatic nitrogens is 2. The largest absolute Gasteiger partial charge is 0.472 e. The van der Waals surface area contributed by atoms with Gasteiger partial charge in [-0.25, -0.2) is 9.19 Å². The number of halogens is 1. The van der Waals surface area contributed by atoms with Crippen molar-refractivity contribution in [2.75, 3.05) is 4.72 Å². The zero-order valence-corrected chi connectivity index (χ0v) is 13.9. The number of benzene rings is 2. The maximum atomic E-state index is 12.5. The van der Waals surface area contributed by atoms with Gasteiger partial charge in [0.15, 0.2) is 0 Å². The van der Waals surface area contributed by atoms with E-state index in [0.29, 0.717) is 21.4 Å². The first kappa shape index (κ1) is 15.0. The van der Waals surface area contributed by atoms with Gasteiger partial charge in [-0.2, -0.15) is 0 Å². The van der Waals surface area contributed by atoms with Crippen molar-refractivity contribution in [3.63, 3.8) is 0 Å². The second-order valence-electron chi connectivity index (χ2n) is 5.13. The maximum Gasteiger partial charge on any atom is 0.150 e. The molecule has 2 aromatic heterocycles. The van der Waals surface area contributed by atoms with Crippen LogP contribution in [0.5, 0.6) is 0 Å². The van der Waals surface area contributed by atoms with Crippen molar-refractivity contribution in [1.29, 1.82) is 0 Å². The number of rotatable bonds is 4. The standard InChI is InChI=1S/C17H12ClN3O2S/c18-13-3-1-2-4-14(13)21-24(22)12-5-6-15-16(9-12)20-17(19-15)11-7-8-23-10-11/h1-10,21H,(H,19,20). The minimum atomic E-state index is -1.43. The molecule has 5 nitrogen and oxygen atoms in total. The van der Waals surface area contributed by atoms with Crippen molar-refractivity contribution in [1.82, 2.24) is 9.97 Å². The first-order chi connectivity index (χ1) is 11.7. The molecule has 0 saturated carbocycles. The summed E-state index contributed by atoms with van der Waals surface area (Å²) in [6.07, 6.45) is 3.21. The summed E-state index contributed by atoms with van der Waals surface area (Å²) < 4.78 is 20.5. The van der Waals surface area contributed by atoms with Crippen LogP contribution in [0.15, 0.2) is 70.4 Å². The lowest BCUT2D eigenvalue weighted by Crippen LogP contribution is -2.04. The van der Waals surface area contributed by atoms with Crippen molar-refractivity contribution in [3.05, 3.63) is 66.1 Å². The van der Waals surface area contributed by atoms with Gasteiger partial charge in [-0.1, -0.05) is 23.7 Å². The number of hydrogen-bond donors (Lipinski definition) is 2. The van der Waals surface area contributed by atoms with Crippen LogP contribution in [-0.4, -0.2) is 14.2 Å². The van der Waals surface area contributed by atoms with Gasteiger partial charge in [0, 0.05) is 0 Å². The lowest BCUT2D eigenvalue weighted by molar-refractivity contribution is 0.568. The Labute approximate surface area is 145 Å². The minimum absolute atomic E-state index is 0.524. The third-order valence-electron chi connectivity index (χ3n) is 3.54. The summed E-state index contributed by atoms with van der Waals surface area (Å²) >= 11 is 6.09. The zero-order valence-electron chi connectivity index (χ0n) is 12.3. The van der Waals surface area contributed by atoms with E-state index in [-0.39, 0.29) is 0 Å². The molecule has 0 spiro atoms. The van der Waals surface area contributed by atoms with Gasteiger partial charge in [-0.3, -0.25) is 4.72 Å². The molecular weight excluding hydrogens is 346 g/mol. The molecule has 24 heavy (non-hydrogen) atoms. The van der Waals surface area contributed by atoms with Crippen LogP contribution < -0.4 is 4.72 Å². The number of fused-ring (bicyclic) bond motifs is 1. The van der Waals surface area contributed by atoms with E-state index < -0.39 is 11.0 Å². The Morgan fingerprint density at radius 2 is 2.04 bits per heavy atom. The molecule has 4 aromatic rings. The Kier molecular flexibility index (Phi) is 3.84. The Morgan fingerprint density at radius 1 is 1.17 bits per heavy atom. The maximum absolute atomic E-state index is 12.5. The van der Waals surface area contributed by atoms with Crippen molar-refractivity contribution in [2.45, 2.75) is 4.90 Å². The molecule has 0 aliphatic carbocycles. The van der Waals surface area contributed by atoms with Crippen LogP contribution in [0.25, 0.3) is 22.4 Å². The average Bonchev–Trinajstić information content (AvgIpc) is 3.25. The highest BCUT2D eigenvalue weighted by molar-refractivity contribution is 7.86. The number of aromatic amines is 1. The average molecular weight is 358 g/mol. The molecule has 2 aromatic carbocycles. The van der Waals surface area contributed by atoms with Crippen LogP contribution in [0, 0.1) is 0 Å². The van der Waals surface area contributed by atoms with Crippen molar-refractivity contribution in [3.8, 4) is 11.4 Å². The monoisotopic (exact) mass is 357 g/mol. The van der Waals surface area contributed by atoms with Gasteiger partial charge >= 0.3 is 0 Å². The van der Waals surface area contributed by atoms with E-state index in [4.69, 9.17) is 16.0 Å². The van der Waals surface area contributed by atoms with Crippen molar-refractivity contribution >= 4 is 39.3 Å². The molecule has 0 amide bonds. The van der Waals surface area contributed by atoms with Gasteiger partial charge in [0.2, 0.25) is 0 Å². The van der Waals surface area contributed by atoms with Crippen LogP contribution in [0.2, 0.25) is 5.02 Å². The molecule has 120 valence electrons. The van der Waals surface area contributed by atoms with Gasteiger partial charge in [0.25, 0.3) is 0 Å². The van der Waals surface area contributed by atoms with E-state index in [1.165, 1.54) is 0 Å². The van der Waals surface area contributed by atoms with Gasteiger partial charge in [0.05, 0.1) is 38.5 Å². The fourth-order valence-corrected chi connectivity index (χ4v) is 3.49. The predicted octanol–water partition coefficient (Wildman–Crippen LogP) is 4.61. The van der Waals surface area contributed by atoms with Crippen molar-refractivity contribution in [2.24, 2.45) is 0 Å². The molecule has 0 radical (unpaired) electrons. The normalized spacial score (nSPS) is 12.4. The summed E-state index contributed by atoms with van der Waals surface area (Å²) in [6, 6.07) is 14.4. The second-order valence-corrected chi connectivity index (χ2v) is 6.75. The Balaban J connectivity index is 1.65. The predicted molar refractivity (Wildman–Crippen MR) is 95.3 cm³/mol. The molecule has 7 heteroatoms. The van der Waals surface area contributed by atoms with Crippen LogP contribution in [0.3, 0.4) is 0 Å². The number of H-pyrrole nitrogens is 1. The van der Waals surface area contributed by atoms with Crippen LogP contribution in [0.1, 0.15) is 0 Å². The molecular formula is C17H12ClN3O2S. The molecule has 0 bridgehead atoms. The van der Waals surface area contributed by atoms with E-state index in [2.05, 4.69) is 14.7 Å². The fourth-order valence-electron chi connectivity index (χ4n) is 2.34. The van der Waals surface area contributed by atoms with E-state index >= 15 is 0 Å². The van der Waals surface area contributed by atoms with E-state index in [1.54, 1.807) is 30.7 Å². The van der Waals surface area contributed by atoms with E-state index in [0.717, 1.165) is 16.6 Å². The molecule has 2 heterocycles. The molecule has 0 aliphatic rings. The SMILES string of the molecule is O=S(Nc1ccccc1Cl)c1ccc2nc(-c3ccoc3)[nH]c2c1. The minimum Gasteiger partial charge on any atom is -0.472 e. The smallest absolute Gasteiger partial charge is 0.150 e. The van der Waals surface area contributed by atoms with Crippen molar-refractivity contribution < 1.29 is 8.63 Å². The Morgan fingerprint density at radius 3 is 2.83 bits per heavy atom. The lowest BCUT2D eigenvalue weighted by Gasteiger charge is -2.07. The highest BCUT2D eigenvalue weighted by Crippen LogP contribution is 2.25. The summed E-state index contributed by atoms with van der Waals surface area (Å²) in [5.41, 5.74) is 3.09. The molecule has 0 fully saturated rings. The summed E-state index contributed by atoms with van der Waals surface area (Å²) in [6.45, 7) is 0. The zero-order chi connectivity index (χ0) is 16.5. The number of nitrogens with zero attached hydrogens (tertiary/aromatic N) is 1. The molecule has 4 rings (SSSR count). The highest BCUT2D eigenvalue weighted by Gasteiger charge is 2.11. The van der Waals surface area contributed by atoms with E-state index in [9.17, 15) is 4.21 Å². The number of para-hydroxylation sites is 1. The van der Waals surface area contributed by atoms with Gasteiger partial charge < -0.3 is 9.40 Å². The molecule has 1 atom stereocenters. The van der Waals surface area contributed by atoms with Gasteiger partial charge in [-0.15, -0.1) is 0 Å². The van der Waals surface area contributed by atoms with Crippen LogP contribution in [-0.2, 0) is 11.0 Å². The molecule has 0 saturated heterocycles. The van der Waals surface area contributed by atoms with Crippen LogP contribution in [0.4, 0.5) is 5.69 Å². The molecule has 1 unspecified atom stereocenters. The Hall–Kier alpha value is -2.57. The topological polar surface area (TPSA) is 70.9 Å². The summed E-state index contributed by atoms with van der Waals surface area (Å²) in [4.78, 5) is 8.34. The molecule has 2 N–H and O–H groups in total. The third-order valence-corrected chi connectivity index (χ3v) is 4.96. The number of hydrogen-bond acceptors (Lipinski definition) is 3. The van der Waals surface area contributed by atoms with E-state index in [1.807, 2.05) is 30.3 Å². The quantitative estimate of drug-likeness (QED) is 0.560. The first-order valence-corrected chi connectivity index (χ1v) is 8.69. The summed E-state index contributed by atoms with van der Waals surface area (Å²) in [5, 5.41) is 0.524. The second kappa shape index (κ2) is 6.14.